The van der Waals surface area contributed by atoms with Gasteiger partial charge in [0, 0.05) is 0 Å². The fourth-order valence-electron chi connectivity index (χ4n) is 2.08. The smallest absolute Gasteiger partial charge is 0.338 e. The summed E-state index contributed by atoms with van der Waals surface area (Å²) >= 11 is 12.0. The summed E-state index contributed by atoms with van der Waals surface area (Å²) in [6.07, 6.45) is 0. The Morgan fingerprint density at radius 3 is 2.38 bits per heavy atom. The lowest BCUT2D eigenvalue weighted by atomic mass is 10.2. The van der Waals surface area contributed by atoms with Crippen molar-refractivity contribution in [3.63, 3.8) is 0 Å². The number of carbonyl (C=O) groups excluding carboxylic acids is 2. The zero-order valence-corrected chi connectivity index (χ0v) is 15.7. The summed E-state index contributed by atoms with van der Waals surface area (Å²) in [6, 6.07) is 9.43. The third-order valence-corrected chi connectivity index (χ3v) is 3.89. The number of esters is 1. The molecule has 0 heterocycles. The third kappa shape index (κ3) is 5.03. The number of amides is 1. The van der Waals surface area contributed by atoms with Crippen LogP contribution in [0.4, 0.5) is 5.69 Å². The van der Waals surface area contributed by atoms with E-state index in [9.17, 15) is 9.59 Å². The molecule has 2 rings (SSSR count). The SMILES string of the molecule is CCOc1cc(C(=O)OCC(=O)Nc2c(Cl)cccc2Cl)ccc1OC. The standard InChI is InChI=1S/C18H17Cl2NO5/c1-3-25-15-9-11(7-8-14(15)24-2)18(23)26-10-16(22)21-17-12(19)5-4-6-13(17)20/h4-9H,3,10H2,1-2H3,(H,21,22). The molecule has 2 aromatic rings. The van der Waals surface area contributed by atoms with Gasteiger partial charge in [0.05, 0.1) is 35.0 Å². The first-order valence-corrected chi connectivity index (χ1v) is 8.43. The number of carbonyl (C=O) groups is 2. The summed E-state index contributed by atoms with van der Waals surface area (Å²) in [5.41, 5.74) is 0.498. The topological polar surface area (TPSA) is 73.9 Å². The van der Waals surface area contributed by atoms with Crippen molar-refractivity contribution in [2.24, 2.45) is 0 Å². The molecule has 0 aliphatic carbocycles. The minimum Gasteiger partial charge on any atom is -0.493 e. The third-order valence-electron chi connectivity index (χ3n) is 3.26. The van der Waals surface area contributed by atoms with Gasteiger partial charge in [0.25, 0.3) is 5.91 Å². The number of methoxy groups -OCH3 is 1. The molecule has 2 aromatic carbocycles. The van der Waals surface area contributed by atoms with Crippen molar-refractivity contribution >= 4 is 40.8 Å². The Kier molecular flexibility index (Phi) is 7.12. The van der Waals surface area contributed by atoms with Crippen LogP contribution in [0.5, 0.6) is 11.5 Å². The summed E-state index contributed by atoms with van der Waals surface area (Å²) < 4.78 is 15.6. The molecule has 138 valence electrons. The Hall–Kier alpha value is -2.44. The number of anilines is 1. The summed E-state index contributed by atoms with van der Waals surface area (Å²) in [5, 5.41) is 3.08. The average Bonchev–Trinajstić information content (AvgIpc) is 2.63. The van der Waals surface area contributed by atoms with Gasteiger partial charge in [0.1, 0.15) is 0 Å². The Labute approximate surface area is 160 Å². The first-order valence-electron chi connectivity index (χ1n) is 7.68. The van der Waals surface area contributed by atoms with E-state index in [0.717, 1.165) is 0 Å². The molecule has 0 fully saturated rings. The van der Waals surface area contributed by atoms with E-state index in [-0.39, 0.29) is 21.3 Å². The summed E-state index contributed by atoms with van der Waals surface area (Å²) in [7, 11) is 1.50. The van der Waals surface area contributed by atoms with Crippen LogP contribution in [0.15, 0.2) is 36.4 Å². The highest BCUT2D eigenvalue weighted by Gasteiger charge is 2.15. The van der Waals surface area contributed by atoms with Crippen molar-refractivity contribution in [2.45, 2.75) is 6.92 Å². The second-order valence-electron chi connectivity index (χ2n) is 5.02. The lowest BCUT2D eigenvalue weighted by Gasteiger charge is -2.11. The number of para-hydroxylation sites is 1. The molecule has 0 spiro atoms. The van der Waals surface area contributed by atoms with E-state index in [1.807, 2.05) is 6.92 Å². The predicted octanol–water partition coefficient (Wildman–Crippen LogP) is 4.20. The molecule has 26 heavy (non-hydrogen) atoms. The largest absolute Gasteiger partial charge is 0.493 e. The van der Waals surface area contributed by atoms with Crippen molar-refractivity contribution in [3.05, 3.63) is 52.0 Å². The minimum absolute atomic E-state index is 0.234. The molecule has 0 saturated heterocycles. The van der Waals surface area contributed by atoms with Crippen molar-refractivity contribution in [1.82, 2.24) is 0 Å². The van der Waals surface area contributed by atoms with Gasteiger partial charge in [0.15, 0.2) is 18.1 Å². The van der Waals surface area contributed by atoms with Crippen LogP contribution in [0.1, 0.15) is 17.3 Å². The Morgan fingerprint density at radius 1 is 1.08 bits per heavy atom. The fraction of sp³-hybridized carbons (Fsp3) is 0.222. The predicted molar refractivity (Wildman–Crippen MR) is 99.5 cm³/mol. The lowest BCUT2D eigenvalue weighted by molar-refractivity contribution is -0.119. The molecule has 0 aliphatic heterocycles. The van der Waals surface area contributed by atoms with Gasteiger partial charge in [-0.15, -0.1) is 0 Å². The molecule has 8 heteroatoms. The molecule has 0 aliphatic rings. The molecule has 1 N–H and O–H groups in total. The molecule has 1 amide bonds. The van der Waals surface area contributed by atoms with Gasteiger partial charge in [-0.05, 0) is 37.3 Å². The van der Waals surface area contributed by atoms with Crippen molar-refractivity contribution in [1.29, 1.82) is 0 Å². The van der Waals surface area contributed by atoms with Crippen molar-refractivity contribution in [2.75, 3.05) is 25.6 Å². The van der Waals surface area contributed by atoms with Gasteiger partial charge in [-0.25, -0.2) is 4.79 Å². The maximum Gasteiger partial charge on any atom is 0.338 e. The van der Waals surface area contributed by atoms with Crippen LogP contribution in [0.2, 0.25) is 10.0 Å². The second-order valence-corrected chi connectivity index (χ2v) is 5.83. The first kappa shape index (κ1) is 19.9. The number of rotatable bonds is 7. The van der Waals surface area contributed by atoms with Gasteiger partial charge in [-0.1, -0.05) is 29.3 Å². The molecular weight excluding hydrogens is 381 g/mol. The number of ether oxygens (including phenoxy) is 3. The number of nitrogens with one attached hydrogen (secondary N) is 1. The maximum atomic E-state index is 12.1. The summed E-state index contributed by atoms with van der Waals surface area (Å²) in [5.74, 6) is -0.327. The normalized spacial score (nSPS) is 10.2. The number of halogens is 2. The van der Waals surface area contributed by atoms with E-state index in [4.69, 9.17) is 37.4 Å². The van der Waals surface area contributed by atoms with E-state index >= 15 is 0 Å². The van der Waals surface area contributed by atoms with Gasteiger partial charge in [0.2, 0.25) is 0 Å². The average molecular weight is 398 g/mol. The van der Waals surface area contributed by atoms with E-state index < -0.39 is 18.5 Å². The van der Waals surface area contributed by atoms with E-state index in [1.54, 1.807) is 24.3 Å². The molecule has 0 bridgehead atoms. The highest BCUT2D eigenvalue weighted by atomic mass is 35.5. The van der Waals surface area contributed by atoms with Crippen LogP contribution in [-0.2, 0) is 9.53 Å². The number of hydrogen-bond donors (Lipinski definition) is 1. The highest BCUT2D eigenvalue weighted by molar-refractivity contribution is 6.39. The molecule has 0 aromatic heterocycles. The van der Waals surface area contributed by atoms with E-state index in [2.05, 4.69) is 5.32 Å². The summed E-state index contributed by atoms with van der Waals surface area (Å²) in [4.78, 5) is 24.1. The molecule has 0 saturated carbocycles. The molecule has 0 atom stereocenters. The second kappa shape index (κ2) is 9.31. The fourth-order valence-corrected chi connectivity index (χ4v) is 2.57. The van der Waals surface area contributed by atoms with Gasteiger partial charge in [-0.3, -0.25) is 4.79 Å². The van der Waals surface area contributed by atoms with Crippen molar-refractivity contribution < 1.29 is 23.8 Å². The van der Waals surface area contributed by atoms with Crippen LogP contribution in [-0.4, -0.2) is 32.2 Å². The van der Waals surface area contributed by atoms with Crippen molar-refractivity contribution in [3.8, 4) is 11.5 Å². The zero-order valence-electron chi connectivity index (χ0n) is 14.2. The van der Waals surface area contributed by atoms with Crippen LogP contribution in [0.3, 0.4) is 0 Å². The lowest BCUT2D eigenvalue weighted by Crippen LogP contribution is -2.21. The van der Waals surface area contributed by atoms with Crippen LogP contribution < -0.4 is 14.8 Å². The van der Waals surface area contributed by atoms with Crippen LogP contribution >= 0.6 is 23.2 Å². The Balaban J connectivity index is 2.00. The van der Waals surface area contributed by atoms with Crippen LogP contribution in [0.25, 0.3) is 0 Å². The Bertz CT molecular complexity index is 790. The molecular formula is C18H17Cl2NO5. The Morgan fingerprint density at radius 2 is 1.77 bits per heavy atom. The number of hydrogen-bond acceptors (Lipinski definition) is 5. The maximum absolute atomic E-state index is 12.1. The highest BCUT2D eigenvalue weighted by Crippen LogP contribution is 2.30. The van der Waals surface area contributed by atoms with Gasteiger partial charge >= 0.3 is 5.97 Å². The van der Waals surface area contributed by atoms with E-state index in [0.29, 0.717) is 18.1 Å². The zero-order chi connectivity index (χ0) is 19.1. The monoisotopic (exact) mass is 397 g/mol. The quantitative estimate of drug-likeness (QED) is 0.708. The molecule has 0 radical (unpaired) electrons. The van der Waals surface area contributed by atoms with E-state index in [1.165, 1.54) is 19.2 Å². The number of benzene rings is 2. The van der Waals surface area contributed by atoms with Crippen LogP contribution in [0, 0.1) is 0 Å². The summed E-state index contributed by atoms with van der Waals surface area (Å²) in [6.45, 7) is 1.74. The van der Waals surface area contributed by atoms with Gasteiger partial charge in [-0.2, -0.15) is 0 Å². The molecule has 0 unspecified atom stereocenters. The minimum atomic E-state index is -0.672. The van der Waals surface area contributed by atoms with Gasteiger partial charge < -0.3 is 19.5 Å². The molecule has 6 nitrogen and oxygen atoms in total. The first-order chi connectivity index (χ1) is 12.5.